The Morgan fingerprint density at radius 2 is 1.89 bits per heavy atom. The monoisotopic (exact) mass is 260 g/mol. The van der Waals surface area contributed by atoms with Crippen LogP contribution in [-0.2, 0) is 0 Å². The van der Waals surface area contributed by atoms with Crippen molar-refractivity contribution in [2.75, 3.05) is 17.7 Å². The summed E-state index contributed by atoms with van der Waals surface area (Å²) >= 11 is 0. The Bertz CT molecular complexity index is 629. The van der Waals surface area contributed by atoms with Gasteiger partial charge in [0.2, 0.25) is 0 Å². The minimum Gasteiger partial charge on any atom is -0.478 e. The molecule has 0 aliphatic rings. The van der Waals surface area contributed by atoms with Gasteiger partial charge >= 0.3 is 5.97 Å². The number of hydrogen-bond acceptors (Lipinski definition) is 3. The Labute approximate surface area is 109 Å². The van der Waals surface area contributed by atoms with E-state index in [2.05, 4.69) is 0 Å². The van der Waals surface area contributed by atoms with Crippen molar-refractivity contribution in [3.63, 3.8) is 0 Å². The van der Waals surface area contributed by atoms with E-state index < -0.39 is 11.8 Å². The maximum atomic E-state index is 13.8. The molecular formula is C14H13FN2O2. The van der Waals surface area contributed by atoms with Gasteiger partial charge in [0, 0.05) is 7.05 Å². The first-order chi connectivity index (χ1) is 9.02. The number of benzene rings is 2. The largest absolute Gasteiger partial charge is 0.478 e. The highest BCUT2D eigenvalue weighted by Crippen LogP contribution is 2.33. The molecule has 0 heterocycles. The summed E-state index contributed by atoms with van der Waals surface area (Å²) in [5.41, 5.74) is 6.68. The van der Waals surface area contributed by atoms with Crippen molar-refractivity contribution in [3.05, 3.63) is 53.8 Å². The number of nitrogen functional groups attached to an aromatic ring is 1. The topological polar surface area (TPSA) is 66.6 Å². The second kappa shape index (κ2) is 4.97. The number of nitrogens with zero attached hydrogens (tertiary/aromatic N) is 1. The summed E-state index contributed by atoms with van der Waals surface area (Å²) in [7, 11) is 1.58. The first kappa shape index (κ1) is 12.9. The number of carbonyl (C=O) groups is 1. The van der Waals surface area contributed by atoms with Gasteiger partial charge in [-0.15, -0.1) is 0 Å². The number of rotatable bonds is 3. The number of carboxylic acids is 1. The lowest BCUT2D eigenvalue weighted by Crippen LogP contribution is -2.17. The average Bonchev–Trinajstić information content (AvgIpc) is 2.38. The Hall–Kier alpha value is -2.56. The van der Waals surface area contributed by atoms with Crippen LogP contribution in [-0.4, -0.2) is 18.1 Å². The van der Waals surface area contributed by atoms with Crippen LogP contribution in [0.25, 0.3) is 0 Å². The molecule has 0 aliphatic heterocycles. The molecule has 3 N–H and O–H groups in total. The molecule has 0 fully saturated rings. The van der Waals surface area contributed by atoms with E-state index in [0.717, 1.165) is 0 Å². The summed E-state index contributed by atoms with van der Waals surface area (Å²) in [5.74, 6) is -1.55. The Kier molecular flexibility index (Phi) is 3.37. The molecule has 4 nitrogen and oxygen atoms in total. The van der Waals surface area contributed by atoms with Crippen molar-refractivity contribution in [3.8, 4) is 0 Å². The van der Waals surface area contributed by atoms with Gasteiger partial charge in [-0.1, -0.05) is 18.2 Å². The zero-order valence-electron chi connectivity index (χ0n) is 10.3. The van der Waals surface area contributed by atoms with Crippen molar-refractivity contribution in [1.29, 1.82) is 0 Å². The smallest absolute Gasteiger partial charge is 0.337 e. The predicted molar refractivity (Wildman–Crippen MR) is 72.3 cm³/mol. The van der Waals surface area contributed by atoms with Gasteiger partial charge in [-0.05, 0) is 24.3 Å². The summed E-state index contributed by atoms with van der Waals surface area (Å²) in [6.07, 6.45) is 0. The summed E-state index contributed by atoms with van der Waals surface area (Å²) in [6.45, 7) is 0. The van der Waals surface area contributed by atoms with E-state index in [1.807, 2.05) is 0 Å². The lowest BCUT2D eigenvalue weighted by atomic mass is 10.1. The molecule has 0 saturated heterocycles. The summed E-state index contributed by atoms with van der Waals surface area (Å²) in [5, 5.41) is 9.18. The summed E-state index contributed by atoms with van der Waals surface area (Å²) in [4.78, 5) is 12.7. The van der Waals surface area contributed by atoms with Crippen LogP contribution < -0.4 is 10.6 Å². The Morgan fingerprint density at radius 1 is 1.21 bits per heavy atom. The number of halogens is 1. The molecule has 2 aromatic carbocycles. The molecule has 0 radical (unpaired) electrons. The van der Waals surface area contributed by atoms with Crippen molar-refractivity contribution in [2.24, 2.45) is 0 Å². The molecule has 0 aliphatic carbocycles. The van der Waals surface area contributed by atoms with E-state index in [1.165, 1.54) is 17.0 Å². The SMILES string of the molecule is CN(c1ccccc1F)c1c(N)cccc1C(=O)O. The van der Waals surface area contributed by atoms with Crippen molar-refractivity contribution >= 4 is 23.0 Å². The van der Waals surface area contributed by atoms with Gasteiger partial charge in [0.05, 0.1) is 22.6 Å². The minimum absolute atomic E-state index is 0.0331. The average molecular weight is 260 g/mol. The molecule has 2 rings (SSSR count). The van der Waals surface area contributed by atoms with Gasteiger partial charge in [0.1, 0.15) is 5.82 Å². The van der Waals surface area contributed by atoms with Crippen LogP contribution in [0.15, 0.2) is 42.5 Å². The zero-order valence-corrected chi connectivity index (χ0v) is 10.3. The van der Waals surface area contributed by atoms with Gasteiger partial charge in [-0.3, -0.25) is 0 Å². The number of para-hydroxylation sites is 2. The van der Waals surface area contributed by atoms with Crippen LogP contribution in [0.4, 0.5) is 21.5 Å². The molecule has 0 amide bonds. The molecule has 0 unspecified atom stereocenters. The van der Waals surface area contributed by atoms with Crippen molar-refractivity contribution in [1.82, 2.24) is 0 Å². The zero-order chi connectivity index (χ0) is 14.0. The van der Waals surface area contributed by atoms with Gasteiger partial charge in [0.15, 0.2) is 0 Å². The van der Waals surface area contributed by atoms with Crippen LogP contribution in [0.2, 0.25) is 0 Å². The molecule has 2 aromatic rings. The maximum absolute atomic E-state index is 13.8. The van der Waals surface area contributed by atoms with E-state index in [0.29, 0.717) is 0 Å². The number of anilines is 3. The highest BCUT2D eigenvalue weighted by Gasteiger charge is 2.18. The van der Waals surface area contributed by atoms with Crippen molar-refractivity contribution < 1.29 is 14.3 Å². The third kappa shape index (κ3) is 2.35. The van der Waals surface area contributed by atoms with Crippen LogP contribution >= 0.6 is 0 Å². The van der Waals surface area contributed by atoms with Crippen molar-refractivity contribution in [2.45, 2.75) is 0 Å². The molecule has 0 bridgehead atoms. The number of carboxylic acid groups (broad SMARTS) is 1. The molecule has 0 saturated carbocycles. The third-order valence-electron chi connectivity index (χ3n) is 2.85. The lowest BCUT2D eigenvalue weighted by molar-refractivity contribution is 0.0697. The standard InChI is InChI=1S/C14H13FN2O2/c1-17(12-8-3-2-6-10(12)15)13-9(14(18)19)5-4-7-11(13)16/h2-8H,16H2,1H3,(H,18,19). The van der Waals surface area contributed by atoms with E-state index in [1.54, 1.807) is 37.4 Å². The predicted octanol–water partition coefficient (Wildman–Crippen LogP) is 2.87. The number of hydrogen-bond donors (Lipinski definition) is 2. The quantitative estimate of drug-likeness (QED) is 0.833. The molecule has 0 aromatic heterocycles. The highest BCUT2D eigenvalue weighted by molar-refractivity contribution is 5.99. The summed E-state index contributed by atoms with van der Waals surface area (Å²) < 4.78 is 13.8. The molecule has 19 heavy (non-hydrogen) atoms. The fourth-order valence-electron chi connectivity index (χ4n) is 1.95. The van der Waals surface area contributed by atoms with Gasteiger partial charge < -0.3 is 15.7 Å². The molecule has 0 spiro atoms. The highest BCUT2D eigenvalue weighted by atomic mass is 19.1. The van der Waals surface area contributed by atoms with Crippen LogP contribution in [0, 0.1) is 5.82 Å². The van der Waals surface area contributed by atoms with Gasteiger partial charge in [0.25, 0.3) is 0 Å². The van der Waals surface area contributed by atoms with E-state index in [-0.39, 0.29) is 22.6 Å². The Balaban J connectivity index is 2.59. The van der Waals surface area contributed by atoms with Crippen LogP contribution in [0.3, 0.4) is 0 Å². The number of aromatic carboxylic acids is 1. The van der Waals surface area contributed by atoms with Crippen LogP contribution in [0.5, 0.6) is 0 Å². The molecule has 98 valence electrons. The second-order valence-corrected chi connectivity index (χ2v) is 4.06. The third-order valence-corrected chi connectivity index (χ3v) is 2.85. The van der Waals surface area contributed by atoms with Crippen LogP contribution in [0.1, 0.15) is 10.4 Å². The van der Waals surface area contributed by atoms with E-state index in [4.69, 9.17) is 5.73 Å². The molecule has 5 heteroatoms. The van der Waals surface area contributed by atoms with E-state index >= 15 is 0 Å². The Morgan fingerprint density at radius 3 is 2.53 bits per heavy atom. The summed E-state index contributed by atoms with van der Waals surface area (Å²) in [6, 6.07) is 10.7. The second-order valence-electron chi connectivity index (χ2n) is 4.06. The van der Waals surface area contributed by atoms with Gasteiger partial charge in [-0.2, -0.15) is 0 Å². The molecular weight excluding hydrogens is 247 g/mol. The van der Waals surface area contributed by atoms with Gasteiger partial charge in [-0.25, -0.2) is 9.18 Å². The molecule has 0 atom stereocenters. The first-order valence-electron chi connectivity index (χ1n) is 5.62. The number of nitrogens with two attached hydrogens (primary N) is 1. The fourth-order valence-corrected chi connectivity index (χ4v) is 1.95. The normalized spacial score (nSPS) is 10.2. The fraction of sp³-hybridized carbons (Fsp3) is 0.0714. The minimum atomic E-state index is -1.11. The van der Waals surface area contributed by atoms with E-state index in [9.17, 15) is 14.3 Å². The first-order valence-corrected chi connectivity index (χ1v) is 5.62. The maximum Gasteiger partial charge on any atom is 0.337 e. The lowest BCUT2D eigenvalue weighted by Gasteiger charge is -2.23.